The normalized spacial score (nSPS) is 10.8. The molecule has 0 saturated carbocycles. The minimum atomic E-state index is 0.0223. The third-order valence-electron chi connectivity index (χ3n) is 3.70. The summed E-state index contributed by atoms with van der Waals surface area (Å²) < 4.78 is 1.73. The van der Waals surface area contributed by atoms with Crippen LogP contribution in [-0.2, 0) is 11.3 Å². The van der Waals surface area contributed by atoms with E-state index in [2.05, 4.69) is 53.2 Å². The molecule has 1 aromatic carbocycles. The van der Waals surface area contributed by atoms with Crippen molar-refractivity contribution in [3.8, 4) is 0 Å². The van der Waals surface area contributed by atoms with Crippen LogP contribution < -0.4 is 10.2 Å². The van der Waals surface area contributed by atoms with E-state index in [1.807, 2.05) is 12.1 Å². The number of aromatic nitrogens is 3. The first-order valence-electron chi connectivity index (χ1n) is 8.09. The van der Waals surface area contributed by atoms with Crippen molar-refractivity contribution in [3.05, 3.63) is 36.9 Å². The number of hydrogen-bond acceptors (Lipinski definition) is 4. The first-order valence-corrected chi connectivity index (χ1v) is 8.09. The molecule has 6 nitrogen and oxygen atoms in total. The highest BCUT2D eigenvalue weighted by Crippen LogP contribution is 2.20. The van der Waals surface area contributed by atoms with E-state index in [-0.39, 0.29) is 5.91 Å². The van der Waals surface area contributed by atoms with Gasteiger partial charge < -0.3 is 10.2 Å². The molecule has 124 valence electrons. The number of amides is 1. The number of aryl methyl sites for hydroxylation is 1. The van der Waals surface area contributed by atoms with Gasteiger partial charge in [0.05, 0.1) is 0 Å². The summed E-state index contributed by atoms with van der Waals surface area (Å²) in [5, 5.41) is 6.95. The van der Waals surface area contributed by atoms with Gasteiger partial charge in [0.2, 0.25) is 5.91 Å². The molecule has 1 heterocycles. The lowest BCUT2D eigenvalue weighted by Gasteiger charge is -2.27. The Labute approximate surface area is 137 Å². The van der Waals surface area contributed by atoms with Crippen LogP contribution in [0.25, 0.3) is 0 Å². The van der Waals surface area contributed by atoms with E-state index in [1.54, 1.807) is 11.0 Å². The molecule has 0 aliphatic heterocycles. The van der Waals surface area contributed by atoms with E-state index in [0.29, 0.717) is 19.0 Å². The molecule has 23 heavy (non-hydrogen) atoms. The van der Waals surface area contributed by atoms with E-state index < -0.39 is 0 Å². The highest BCUT2D eigenvalue weighted by molar-refractivity contribution is 5.90. The lowest BCUT2D eigenvalue weighted by molar-refractivity contribution is -0.116. The monoisotopic (exact) mass is 315 g/mol. The van der Waals surface area contributed by atoms with Gasteiger partial charge in [-0.15, -0.1) is 0 Å². The van der Waals surface area contributed by atoms with Gasteiger partial charge in [-0.2, -0.15) is 5.10 Å². The molecule has 1 N–H and O–H groups in total. The summed E-state index contributed by atoms with van der Waals surface area (Å²) in [5.74, 6) is 0.0223. The Hall–Kier alpha value is -2.37. The number of anilines is 2. The molecule has 0 fully saturated rings. The van der Waals surface area contributed by atoms with E-state index in [0.717, 1.165) is 18.7 Å². The zero-order valence-corrected chi connectivity index (χ0v) is 14.1. The van der Waals surface area contributed by atoms with Gasteiger partial charge in [-0.1, -0.05) is 0 Å². The molecule has 0 aliphatic carbocycles. The van der Waals surface area contributed by atoms with Gasteiger partial charge >= 0.3 is 0 Å². The van der Waals surface area contributed by atoms with Gasteiger partial charge in [0.1, 0.15) is 12.7 Å². The molecule has 6 heteroatoms. The van der Waals surface area contributed by atoms with Crippen LogP contribution in [0.2, 0.25) is 0 Å². The van der Waals surface area contributed by atoms with Crippen LogP contribution in [0.5, 0.6) is 0 Å². The number of benzene rings is 1. The molecule has 0 aliphatic rings. The molecule has 0 bridgehead atoms. The fourth-order valence-corrected chi connectivity index (χ4v) is 2.56. The van der Waals surface area contributed by atoms with E-state index >= 15 is 0 Å². The minimum Gasteiger partial charge on any atom is -0.369 e. The Kier molecular flexibility index (Phi) is 6.14. The first-order chi connectivity index (χ1) is 11.1. The summed E-state index contributed by atoms with van der Waals surface area (Å²) in [6, 6.07) is 8.46. The number of rotatable bonds is 8. The molecule has 2 aromatic rings. The van der Waals surface area contributed by atoms with Crippen molar-refractivity contribution >= 4 is 17.3 Å². The Morgan fingerprint density at radius 3 is 2.61 bits per heavy atom. The Bertz CT molecular complexity index is 592. The zero-order chi connectivity index (χ0) is 16.7. The first kappa shape index (κ1) is 17.0. The maximum Gasteiger partial charge on any atom is 0.224 e. The van der Waals surface area contributed by atoms with Crippen LogP contribution in [-0.4, -0.2) is 33.3 Å². The fraction of sp³-hybridized carbons (Fsp3) is 0.471. The number of carbonyl (C=O) groups excluding carboxylic acids is 1. The van der Waals surface area contributed by atoms with Crippen molar-refractivity contribution < 1.29 is 4.79 Å². The quantitative estimate of drug-likeness (QED) is 0.813. The molecule has 0 atom stereocenters. The van der Waals surface area contributed by atoms with Crippen molar-refractivity contribution in [1.29, 1.82) is 0 Å². The summed E-state index contributed by atoms with van der Waals surface area (Å²) in [7, 11) is 0. The number of nitrogens with one attached hydrogen (secondary N) is 1. The Morgan fingerprint density at radius 1 is 1.30 bits per heavy atom. The summed E-state index contributed by atoms with van der Waals surface area (Å²) in [6.45, 7) is 8.16. The minimum absolute atomic E-state index is 0.0223. The van der Waals surface area contributed by atoms with Crippen LogP contribution in [0.15, 0.2) is 36.9 Å². The lowest BCUT2D eigenvalue weighted by atomic mass is 10.2. The number of carbonyl (C=O) groups is 1. The second-order valence-corrected chi connectivity index (χ2v) is 5.74. The zero-order valence-electron chi connectivity index (χ0n) is 14.1. The molecular formula is C17H25N5O. The van der Waals surface area contributed by atoms with E-state index in [4.69, 9.17) is 0 Å². The van der Waals surface area contributed by atoms with Crippen molar-refractivity contribution in [2.75, 3.05) is 16.8 Å². The lowest BCUT2D eigenvalue weighted by Crippen LogP contribution is -2.30. The van der Waals surface area contributed by atoms with Crippen molar-refractivity contribution in [3.63, 3.8) is 0 Å². The maximum atomic E-state index is 12.0. The van der Waals surface area contributed by atoms with Gasteiger partial charge in [0.15, 0.2) is 0 Å². The summed E-state index contributed by atoms with van der Waals surface area (Å²) in [4.78, 5) is 18.1. The highest BCUT2D eigenvalue weighted by Gasteiger charge is 2.08. The molecule has 0 radical (unpaired) electrons. The second-order valence-electron chi connectivity index (χ2n) is 5.74. The van der Waals surface area contributed by atoms with E-state index in [1.165, 1.54) is 12.0 Å². The maximum absolute atomic E-state index is 12.0. The fourth-order valence-electron chi connectivity index (χ4n) is 2.56. The predicted octanol–water partition coefficient (Wildman–Crippen LogP) is 2.93. The molecule has 1 amide bonds. The standard InChI is InChI=1S/C17H25N5O/c1-4-22(14(2)3)16-9-7-15(8-10-16)20-17(23)6-5-11-21-13-18-12-19-21/h7-10,12-14H,4-6,11H2,1-3H3,(H,20,23). The molecule has 1 aromatic heterocycles. The van der Waals surface area contributed by atoms with Crippen LogP contribution in [0.4, 0.5) is 11.4 Å². The Balaban J connectivity index is 1.81. The average Bonchev–Trinajstić information content (AvgIpc) is 3.02. The molecule has 0 saturated heterocycles. The number of hydrogen-bond donors (Lipinski definition) is 1. The van der Waals surface area contributed by atoms with Gasteiger partial charge in [-0.05, 0) is 51.5 Å². The highest BCUT2D eigenvalue weighted by atomic mass is 16.1. The van der Waals surface area contributed by atoms with Crippen LogP contribution >= 0.6 is 0 Å². The molecule has 2 rings (SSSR count). The van der Waals surface area contributed by atoms with Crippen LogP contribution in [0, 0.1) is 0 Å². The van der Waals surface area contributed by atoms with E-state index in [9.17, 15) is 4.79 Å². The third kappa shape index (κ3) is 5.09. The van der Waals surface area contributed by atoms with Crippen molar-refractivity contribution in [1.82, 2.24) is 14.8 Å². The number of nitrogens with zero attached hydrogens (tertiary/aromatic N) is 4. The van der Waals surface area contributed by atoms with Crippen LogP contribution in [0.3, 0.4) is 0 Å². The van der Waals surface area contributed by atoms with Crippen molar-refractivity contribution in [2.24, 2.45) is 0 Å². The van der Waals surface area contributed by atoms with Gasteiger partial charge in [-0.3, -0.25) is 9.48 Å². The molecule has 0 unspecified atom stereocenters. The molecule has 0 spiro atoms. The second kappa shape index (κ2) is 8.31. The topological polar surface area (TPSA) is 63.1 Å². The van der Waals surface area contributed by atoms with Crippen LogP contribution in [0.1, 0.15) is 33.6 Å². The van der Waals surface area contributed by atoms with Gasteiger partial charge in [0, 0.05) is 36.9 Å². The third-order valence-corrected chi connectivity index (χ3v) is 3.70. The summed E-state index contributed by atoms with van der Waals surface area (Å²) >= 11 is 0. The Morgan fingerprint density at radius 2 is 2.04 bits per heavy atom. The summed E-state index contributed by atoms with van der Waals surface area (Å²) in [5.41, 5.74) is 2.01. The SMILES string of the molecule is CCN(c1ccc(NC(=O)CCCn2cncn2)cc1)C(C)C. The molecular weight excluding hydrogens is 290 g/mol. The van der Waals surface area contributed by atoms with Crippen molar-refractivity contribution in [2.45, 2.75) is 46.2 Å². The summed E-state index contributed by atoms with van der Waals surface area (Å²) in [6.07, 6.45) is 4.36. The smallest absolute Gasteiger partial charge is 0.224 e. The largest absolute Gasteiger partial charge is 0.369 e. The average molecular weight is 315 g/mol. The predicted molar refractivity (Wildman–Crippen MR) is 92.5 cm³/mol. The van der Waals surface area contributed by atoms with Gasteiger partial charge in [0.25, 0.3) is 0 Å². The van der Waals surface area contributed by atoms with Gasteiger partial charge in [-0.25, -0.2) is 4.98 Å².